The molecule has 1 heterocycles. The van der Waals surface area contributed by atoms with Gasteiger partial charge in [-0.05, 0) is 69.2 Å². The number of urea groups is 1. The van der Waals surface area contributed by atoms with Crippen LogP contribution in [0.2, 0.25) is 0 Å². The molecule has 170 valence electrons. The molecule has 0 atom stereocenters. The number of benzene rings is 2. The van der Waals surface area contributed by atoms with Gasteiger partial charge in [0.25, 0.3) is 11.8 Å². The van der Waals surface area contributed by atoms with Crippen molar-refractivity contribution in [2.24, 2.45) is 0 Å². The first-order chi connectivity index (χ1) is 15.4. The van der Waals surface area contributed by atoms with E-state index in [1.54, 1.807) is 25.3 Å². The van der Waals surface area contributed by atoms with Crippen LogP contribution in [0.25, 0.3) is 0 Å². The van der Waals surface area contributed by atoms with Crippen LogP contribution in [-0.2, 0) is 4.74 Å². The number of methoxy groups -OCH3 is 1. The summed E-state index contributed by atoms with van der Waals surface area (Å²) in [6, 6.07) is 10.2. The van der Waals surface area contributed by atoms with Gasteiger partial charge in [-0.25, -0.2) is 4.79 Å². The van der Waals surface area contributed by atoms with Gasteiger partial charge in [0.1, 0.15) is 0 Å². The van der Waals surface area contributed by atoms with Gasteiger partial charge in [-0.3, -0.25) is 14.5 Å². The molecule has 0 saturated heterocycles. The van der Waals surface area contributed by atoms with Crippen molar-refractivity contribution in [1.29, 1.82) is 0 Å². The Hall–Kier alpha value is -3.39. The maximum atomic E-state index is 12.6. The minimum absolute atomic E-state index is 0.296. The zero-order valence-electron chi connectivity index (χ0n) is 19.0. The second kappa shape index (κ2) is 10.3. The lowest BCUT2D eigenvalue weighted by Crippen LogP contribution is -2.31. The molecule has 8 nitrogen and oxygen atoms in total. The highest BCUT2D eigenvalue weighted by atomic mass is 16.5. The van der Waals surface area contributed by atoms with Gasteiger partial charge in [0.2, 0.25) is 0 Å². The Morgan fingerprint density at radius 3 is 2.38 bits per heavy atom. The topological polar surface area (TPSA) is 91.0 Å². The minimum Gasteiger partial charge on any atom is -0.385 e. The normalized spacial score (nSPS) is 12.7. The first-order valence-corrected chi connectivity index (χ1v) is 10.8. The Balaban J connectivity index is 1.67. The molecule has 2 aromatic carbocycles. The van der Waals surface area contributed by atoms with E-state index < -0.39 is 6.03 Å². The Morgan fingerprint density at radius 1 is 1.00 bits per heavy atom. The smallest absolute Gasteiger partial charge is 0.323 e. The van der Waals surface area contributed by atoms with E-state index in [0.717, 1.165) is 24.3 Å². The number of carbonyl (C=O) groups excluding carboxylic acids is 3. The van der Waals surface area contributed by atoms with Gasteiger partial charge in [0.15, 0.2) is 0 Å². The summed E-state index contributed by atoms with van der Waals surface area (Å²) in [7, 11) is 1.58. The van der Waals surface area contributed by atoms with E-state index in [4.69, 9.17) is 4.74 Å². The molecule has 8 heteroatoms. The number of hydrogen-bond donors (Lipinski definition) is 2. The van der Waals surface area contributed by atoms with E-state index in [9.17, 15) is 14.4 Å². The zero-order chi connectivity index (χ0) is 23.3. The van der Waals surface area contributed by atoms with Gasteiger partial charge >= 0.3 is 6.03 Å². The van der Waals surface area contributed by atoms with Crippen LogP contribution in [0.3, 0.4) is 0 Å². The molecule has 0 unspecified atom stereocenters. The summed E-state index contributed by atoms with van der Waals surface area (Å²) in [6.07, 6.45) is 0.571. The molecule has 0 radical (unpaired) electrons. The number of imide groups is 1. The minimum atomic E-state index is -0.419. The number of amides is 4. The third-order valence-electron chi connectivity index (χ3n) is 5.55. The number of ether oxygens (including phenoxy) is 1. The van der Waals surface area contributed by atoms with Gasteiger partial charge in [0, 0.05) is 50.4 Å². The summed E-state index contributed by atoms with van der Waals surface area (Å²) in [6.45, 7) is 8.74. The average molecular weight is 439 g/mol. The van der Waals surface area contributed by atoms with Crippen LogP contribution in [0.15, 0.2) is 36.4 Å². The summed E-state index contributed by atoms with van der Waals surface area (Å²) in [5, 5.41) is 5.59. The highest BCUT2D eigenvalue weighted by molar-refractivity contribution is 6.22. The van der Waals surface area contributed by atoms with E-state index in [0.29, 0.717) is 42.1 Å². The number of hydrogen-bond acceptors (Lipinski definition) is 5. The Bertz CT molecular complexity index is 1020. The molecular weight excluding hydrogens is 408 g/mol. The number of carbonyl (C=O) groups is 3. The number of rotatable bonds is 9. The second-order valence-corrected chi connectivity index (χ2v) is 7.62. The molecule has 0 spiro atoms. The first kappa shape index (κ1) is 23.3. The third kappa shape index (κ3) is 4.91. The number of aryl methyl sites for hydroxylation is 1. The molecule has 1 aliphatic rings. The van der Waals surface area contributed by atoms with Gasteiger partial charge in [-0.1, -0.05) is 0 Å². The quantitative estimate of drug-likeness (QED) is 0.454. The van der Waals surface area contributed by atoms with Crippen molar-refractivity contribution in [1.82, 2.24) is 4.90 Å². The average Bonchev–Trinajstić information content (AvgIpc) is 3.01. The molecule has 0 aliphatic carbocycles. The summed E-state index contributed by atoms with van der Waals surface area (Å²) in [4.78, 5) is 41.1. The van der Waals surface area contributed by atoms with Crippen molar-refractivity contribution in [3.63, 3.8) is 0 Å². The Labute approximate surface area is 188 Å². The molecule has 32 heavy (non-hydrogen) atoms. The van der Waals surface area contributed by atoms with Crippen molar-refractivity contribution >= 4 is 34.9 Å². The molecule has 0 fully saturated rings. The fraction of sp³-hybridized carbons (Fsp3) is 0.375. The number of nitrogens with zero attached hydrogens (tertiary/aromatic N) is 2. The molecular formula is C24H30N4O4. The van der Waals surface area contributed by atoms with E-state index in [1.807, 2.05) is 25.1 Å². The highest BCUT2D eigenvalue weighted by Gasteiger charge is 2.35. The van der Waals surface area contributed by atoms with Gasteiger partial charge in [-0.15, -0.1) is 0 Å². The Kier molecular flexibility index (Phi) is 7.48. The number of fused-ring (bicyclic) bond motifs is 1. The van der Waals surface area contributed by atoms with Gasteiger partial charge < -0.3 is 20.3 Å². The van der Waals surface area contributed by atoms with Crippen molar-refractivity contribution < 1.29 is 19.1 Å². The molecule has 0 aromatic heterocycles. The Morgan fingerprint density at radius 2 is 1.72 bits per heavy atom. The van der Waals surface area contributed by atoms with Crippen LogP contribution in [0, 0.1) is 6.92 Å². The lowest BCUT2D eigenvalue weighted by Gasteiger charge is -2.22. The summed E-state index contributed by atoms with van der Waals surface area (Å²) < 4.78 is 4.99. The molecule has 2 aromatic rings. The molecule has 3 rings (SSSR count). The third-order valence-corrected chi connectivity index (χ3v) is 5.55. The molecule has 0 bridgehead atoms. The van der Waals surface area contributed by atoms with Gasteiger partial charge in [-0.2, -0.15) is 0 Å². The maximum absolute atomic E-state index is 12.6. The van der Waals surface area contributed by atoms with Crippen molar-refractivity contribution in [3.05, 3.63) is 53.1 Å². The standard InChI is InChI=1S/C24H30N4O4/c1-5-27(6-2)18-9-11-21(16(3)14-18)26-24(31)25-17-8-10-19-20(15-17)23(30)28(22(19)29)12-7-13-32-4/h8-11,14-15H,5-7,12-13H2,1-4H3,(H2,25,26,31). The lowest BCUT2D eigenvalue weighted by atomic mass is 10.1. The highest BCUT2D eigenvalue weighted by Crippen LogP contribution is 2.27. The molecule has 1 aliphatic heterocycles. The number of anilines is 3. The first-order valence-electron chi connectivity index (χ1n) is 10.8. The van der Waals surface area contributed by atoms with Crippen molar-refractivity contribution in [3.8, 4) is 0 Å². The van der Waals surface area contributed by atoms with Crippen LogP contribution >= 0.6 is 0 Å². The van der Waals surface area contributed by atoms with Crippen molar-refractivity contribution in [2.75, 3.05) is 48.9 Å². The molecule has 2 N–H and O–H groups in total. The van der Waals surface area contributed by atoms with E-state index >= 15 is 0 Å². The van der Waals surface area contributed by atoms with Crippen LogP contribution < -0.4 is 15.5 Å². The van der Waals surface area contributed by atoms with Gasteiger partial charge in [0.05, 0.1) is 11.1 Å². The fourth-order valence-electron chi connectivity index (χ4n) is 3.80. The van der Waals surface area contributed by atoms with Crippen LogP contribution in [0.5, 0.6) is 0 Å². The largest absolute Gasteiger partial charge is 0.385 e. The molecule has 4 amide bonds. The van der Waals surface area contributed by atoms with E-state index in [-0.39, 0.29) is 11.8 Å². The summed E-state index contributed by atoms with van der Waals surface area (Å²) >= 11 is 0. The summed E-state index contributed by atoms with van der Waals surface area (Å²) in [5.41, 5.74) is 3.85. The maximum Gasteiger partial charge on any atom is 0.323 e. The predicted molar refractivity (Wildman–Crippen MR) is 126 cm³/mol. The van der Waals surface area contributed by atoms with Crippen LogP contribution in [-0.4, -0.2) is 56.1 Å². The SMILES string of the molecule is CCN(CC)c1ccc(NC(=O)Nc2ccc3c(c2)C(=O)N(CCCOC)C3=O)c(C)c1. The summed E-state index contributed by atoms with van der Waals surface area (Å²) in [5.74, 6) is -0.672. The van der Waals surface area contributed by atoms with Crippen LogP contribution in [0.4, 0.5) is 21.9 Å². The van der Waals surface area contributed by atoms with Crippen molar-refractivity contribution in [2.45, 2.75) is 27.2 Å². The van der Waals surface area contributed by atoms with E-state index in [1.165, 1.54) is 4.90 Å². The van der Waals surface area contributed by atoms with E-state index in [2.05, 4.69) is 29.4 Å². The second-order valence-electron chi connectivity index (χ2n) is 7.62. The lowest BCUT2D eigenvalue weighted by molar-refractivity contribution is 0.0638. The molecule has 0 saturated carbocycles. The predicted octanol–water partition coefficient (Wildman–Crippen LogP) is 4.12. The monoisotopic (exact) mass is 438 g/mol. The number of nitrogens with one attached hydrogen (secondary N) is 2. The zero-order valence-corrected chi connectivity index (χ0v) is 19.0. The fourth-order valence-corrected chi connectivity index (χ4v) is 3.80. The van der Waals surface area contributed by atoms with Crippen LogP contribution in [0.1, 0.15) is 46.5 Å².